The summed E-state index contributed by atoms with van der Waals surface area (Å²) in [6, 6.07) is 0. The van der Waals surface area contributed by atoms with Crippen LogP contribution in [0.25, 0.3) is 0 Å². The van der Waals surface area contributed by atoms with E-state index in [1.165, 1.54) is 12.8 Å². The normalized spacial score (nSPS) is 20.5. The first-order valence-corrected chi connectivity index (χ1v) is 9.98. The van der Waals surface area contributed by atoms with E-state index in [0.717, 1.165) is 6.54 Å². The van der Waals surface area contributed by atoms with E-state index >= 15 is 0 Å². The lowest BCUT2D eigenvalue weighted by Gasteiger charge is -2.47. The highest BCUT2D eigenvalue weighted by Gasteiger charge is 2.42. The molecule has 1 aliphatic rings. The van der Waals surface area contributed by atoms with Gasteiger partial charge in [-0.05, 0) is 59.4 Å². The monoisotopic (exact) mass is 311 g/mol. The summed E-state index contributed by atoms with van der Waals surface area (Å²) in [5.41, 5.74) is 0.712. The zero-order valence-electron chi connectivity index (χ0n) is 15.7. The average Bonchev–Trinajstić information content (AvgIpc) is 2.66. The zero-order chi connectivity index (χ0) is 16.5. The van der Waals surface area contributed by atoms with Crippen LogP contribution in [0, 0.1) is 5.41 Å². The largest absolute Gasteiger partial charge is 0.371 e. The van der Waals surface area contributed by atoms with Gasteiger partial charge in [-0.2, -0.15) is 0 Å². The van der Waals surface area contributed by atoms with Crippen LogP contribution < -0.4 is 4.98 Å². The first-order chi connectivity index (χ1) is 9.38. The Morgan fingerprint density at radius 2 is 1.43 bits per heavy atom. The molecule has 4 heteroatoms. The van der Waals surface area contributed by atoms with Gasteiger partial charge in [-0.1, -0.05) is 27.7 Å². The van der Waals surface area contributed by atoms with Crippen molar-refractivity contribution in [1.29, 1.82) is 0 Å². The summed E-state index contributed by atoms with van der Waals surface area (Å²) in [6.07, 6.45) is 7.02. The predicted octanol–water partition coefficient (Wildman–Crippen LogP) is 3.81. The Hall–Kier alpha value is -0.483. The first-order valence-electron chi connectivity index (χ1n) is 8.37. The predicted molar refractivity (Wildman–Crippen MR) is 96.2 cm³/mol. The molecule has 21 heavy (non-hydrogen) atoms. The quantitative estimate of drug-likeness (QED) is 0.779. The van der Waals surface area contributed by atoms with E-state index in [4.69, 9.17) is 0 Å². The number of nitrogens with zero attached hydrogens (tertiary/aromatic N) is 2. The molecule has 0 saturated heterocycles. The smallest absolute Gasteiger partial charge is 0.330 e. The Labute approximate surface area is 134 Å². The van der Waals surface area contributed by atoms with E-state index in [-0.39, 0.29) is 11.1 Å². The maximum atomic E-state index is 3.86. The molecule has 1 N–H and O–H groups in total. The summed E-state index contributed by atoms with van der Waals surface area (Å²) in [4.78, 5) is 3.86. The highest BCUT2D eigenvalue weighted by molar-refractivity contribution is 6.51. The van der Waals surface area contributed by atoms with Crippen LogP contribution in [0.5, 0.6) is 0 Å². The third kappa shape index (κ3) is 5.03. The van der Waals surface area contributed by atoms with Gasteiger partial charge in [0.25, 0.3) is 0 Å². The second kappa shape index (κ2) is 6.33. The van der Waals surface area contributed by atoms with Gasteiger partial charge in [0, 0.05) is 23.5 Å². The molecule has 1 heterocycles. The van der Waals surface area contributed by atoms with Crippen LogP contribution >= 0.6 is 0 Å². The molecule has 0 spiro atoms. The molecule has 1 rings (SSSR count). The fraction of sp³-hybridized carbons (Fsp3) is 0.882. The van der Waals surface area contributed by atoms with Crippen molar-refractivity contribution in [3.63, 3.8) is 0 Å². The van der Waals surface area contributed by atoms with Crippen LogP contribution in [0.15, 0.2) is 12.4 Å². The molecule has 0 saturated carbocycles. The minimum atomic E-state index is -1.36. The van der Waals surface area contributed by atoms with Crippen molar-refractivity contribution in [2.24, 2.45) is 5.41 Å². The molecule has 0 aromatic carbocycles. The molecule has 1 aliphatic heterocycles. The minimum Gasteiger partial charge on any atom is -0.371 e. The van der Waals surface area contributed by atoms with Gasteiger partial charge >= 0.3 is 9.28 Å². The molecule has 0 aliphatic carbocycles. The molecule has 0 amide bonds. The molecule has 0 aromatic heterocycles. The molecule has 3 nitrogen and oxygen atoms in total. The Morgan fingerprint density at radius 3 is 1.86 bits per heavy atom. The van der Waals surface area contributed by atoms with Gasteiger partial charge in [0.1, 0.15) is 0 Å². The highest BCUT2D eigenvalue weighted by atomic mass is 28.3. The van der Waals surface area contributed by atoms with E-state index < -0.39 is 9.28 Å². The molecule has 0 radical (unpaired) electrons. The molecule has 0 aromatic rings. The fourth-order valence-corrected chi connectivity index (χ4v) is 6.60. The average molecular weight is 312 g/mol. The minimum absolute atomic E-state index is 0.181. The summed E-state index contributed by atoms with van der Waals surface area (Å²) in [6.45, 7) is 22.1. The Bertz CT molecular complexity index is 363. The topological polar surface area (TPSA) is 18.5 Å². The van der Waals surface area contributed by atoms with Crippen molar-refractivity contribution in [2.75, 3.05) is 6.54 Å². The van der Waals surface area contributed by atoms with E-state index in [0.29, 0.717) is 5.41 Å². The van der Waals surface area contributed by atoms with E-state index in [1.807, 2.05) is 0 Å². The third-order valence-corrected chi connectivity index (χ3v) is 7.45. The Balaban J connectivity index is 2.97. The number of hydrogen-bond acceptors (Lipinski definition) is 3. The van der Waals surface area contributed by atoms with Gasteiger partial charge in [-0.15, -0.1) is 0 Å². The van der Waals surface area contributed by atoms with Gasteiger partial charge in [0.05, 0.1) is 0 Å². The van der Waals surface area contributed by atoms with Crippen LogP contribution in [0.3, 0.4) is 0 Å². The Morgan fingerprint density at radius 1 is 0.905 bits per heavy atom. The van der Waals surface area contributed by atoms with Crippen molar-refractivity contribution < 1.29 is 0 Å². The van der Waals surface area contributed by atoms with Gasteiger partial charge in [0.2, 0.25) is 0 Å². The zero-order valence-corrected chi connectivity index (χ0v) is 16.9. The van der Waals surface area contributed by atoms with Crippen LogP contribution in [0.4, 0.5) is 0 Å². The van der Waals surface area contributed by atoms with E-state index in [1.54, 1.807) is 0 Å². The maximum Gasteiger partial charge on any atom is 0.330 e. The molecule has 0 bridgehead atoms. The maximum absolute atomic E-state index is 3.86. The lowest BCUT2D eigenvalue weighted by atomic mass is 9.82. The van der Waals surface area contributed by atoms with Crippen molar-refractivity contribution in [2.45, 2.75) is 86.2 Å². The number of hydrogen-bond donors (Lipinski definition) is 1. The van der Waals surface area contributed by atoms with Crippen LogP contribution in [-0.2, 0) is 0 Å². The van der Waals surface area contributed by atoms with E-state index in [9.17, 15) is 0 Å². The van der Waals surface area contributed by atoms with Crippen LogP contribution in [0.1, 0.15) is 75.2 Å². The summed E-state index contributed by atoms with van der Waals surface area (Å²) in [7, 11) is -1.36. The second-order valence-electron chi connectivity index (χ2n) is 9.16. The van der Waals surface area contributed by atoms with Crippen molar-refractivity contribution in [3.8, 4) is 0 Å². The second-order valence-corrected chi connectivity index (χ2v) is 11.4. The summed E-state index contributed by atoms with van der Waals surface area (Å²) >= 11 is 0. The third-order valence-electron chi connectivity index (χ3n) is 3.93. The van der Waals surface area contributed by atoms with Crippen LogP contribution in [0.2, 0.25) is 0 Å². The standard InChI is InChI=1S/C17H37N3Si/c1-10-11-18-21-19(16(5,6)7)12-13-20(21)17(8,9)14-15(2,3)4/h12-13,18,21H,10-11,14H2,1-9H3. The summed E-state index contributed by atoms with van der Waals surface area (Å²) < 4.78 is 5.21. The molecular weight excluding hydrogens is 274 g/mol. The van der Waals surface area contributed by atoms with Gasteiger partial charge < -0.3 is 14.1 Å². The molecule has 124 valence electrons. The highest BCUT2D eigenvalue weighted by Crippen LogP contribution is 2.35. The lowest BCUT2D eigenvalue weighted by molar-refractivity contribution is 0.180. The van der Waals surface area contributed by atoms with Crippen molar-refractivity contribution in [3.05, 3.63) is 12.4 Å². The van der Waals surface area contributed by atoms with Gasteiger partial charge in [-0.3, -0.25) is 0 Å². The van der Waals surface area contributed by atoms with Gasteiger partial charge in [0.15, 0.2) is 0 Å². The first kappa shape index (κ1) is 18.6. The Kier molecular flexibility index (Phi) is 5.60. The van der Waals surface area contributed by atoms with Crippen molar-refractivity contribution in [1.82, 2.24) is 14.1 Å². The van der Waals surface area contributed by atoms with Crippen LogP contribution in [-0.4, -0.2) is 36.0 Å². The molecule has 1 atom stereocenters. The van der Waals surface area contributed by atoms with Crippen molar-refractivity contribution >= 4 is 9.28 Å². The summed E-state index contributed by atoms with van der Waals surface area (Å²) in [5, 5.41) is 0. The fourth-order valence-electron chi connectivity index (χ4n) is 3.42. The molecule has 0 fully saturated rings. The number of rotatable bonds is 5. The van der Waals surface area contributed by atoms with Gasteiger partial charge in [-0.25, -0.2) is 0 Å². The summed E-state index contributed by atoms with van der Waals surface area (Å²) in [5.74, 6) is 0. The van der Waals surface area contributed by atoms with E-state index in [2.05, 4.69) is 88.8 Å². The number of nitrogens with one attached hydrogen (secondary N) is 1. The SMILES string of the molecule is CCCN[SiH]1N(C(C)(C)C)C=CN1C(C)(C)CC(C)(C)C. The lowest BCUT2D eigenvalue weighted by Crippen LogP contribution is -2.64. The molecular formula is C17H37N3Si. The molecule has 1 unspecified atom stereocenters.